The van der Waals surface area contributed by atoms with E-state index in [1.165, 1.54) is 6.42 Å². The van der Waals surface area contributed by atoms with E-state index < -0.39 is 0 Å². The normalized spacial score (nSPS) is 23.1. The number of rotatable bonds is 3. The van der Waals surface area contributed by atoms with Crippen LogP contribution in [0.2, 0.25) is 0 Å². The van der Waals surface area contributed by atoms with Crippen molar-refractivity contribution in [1.29, 1.82) is 0 Å². The molecule has 6 heteroatoms. The summed E-state index contributed by atoms with van der Waals surface area (Å²) in [6.07, 6.45) is 5.67. The molecular formula is C13H18N4OS. The van der Waals surface area contributed by atoms with Crippen LogP contribution in [0.3, 0.4) is 0 Å². The van der Waals surface area contributed by atoms with Gasteiger partial charge in [0.05, 0.1) is 7.11 Å². The maximum atomic E-state index is 6.08. The van der Waals surface area contributed by atoms with Crippen molar-refractivity contribution in [3.05, 3.63) is 12.1 Å². The molecule has 1 fully saturated rings. The molecule has 1 aliphatic rings. The Kier molecular flexibility index (Phi) is 3.26. The van der Waals surface area contributed by atoms with Crippen LogP contribution in [0.15, 0.2) is 12.1 Å². The lowest BCUT2D eigenvalue weighted by Crippen LogP contribution is -2.10. The molecule has 0 bridgehead atoms. The lowest BCUT2D eigenvalue weighted by molar-refractivity contribution is 0.398. The van der Waals surface area contributed by atoms with Gasteiger partial charge in [0, 0.05) is 17.4 Å². The largest absolute Gasteiger partial charge is 0.481 e. The highest BCUT2D eigenvalue weighted by Gasteiger charge is 2.28. The summed E-state index contributed by atoms with van der Waals surface area (Å²) in [6.45, 7) is 0. The van der Waals surface area contributed by atoms with Crippen molar-refractivity contribution in [2.45, 2.75) is 30.6 Å². The Morgan fingerprint density at radius 1 is 1.37 bits per heavy atom. The summed E-state index contributed by atoms with van der Waals surface area (Å²) in [5.74, 6) is 1.16. The van der Waals surface area contributed by atoms with Gasteiger partial charge in [-0.25, -0.2) is 4.98 Å². The second-order valence-electron chi connectivity index (χ2n) is 4.86. The molecule has 1 aliphatic carbocycles. The highest BCUT2D eigenvalue weighted by atomic mass is 32.2. The van der Waals surface area contributed by atoms with Crippen LogP contribution in [0.25, 0.3) is 11.2 Å². The molecule has 2 unspecified atom stereocenters. The van der Waals surface area contributed by atoms with Crippen LogP contribution in [0, 0.1) is 0 Å². The van der Waals surface area contributed by atoms with E-state index in [1.807, 2.05) is 23.9 Å². The molecule has 0 aliphatic heterocycles. The number of aromatic nitrogens is 3. The summed E-state index contributed by atoms with van der Waals surface area (Å²) >= 11 is 1.93. The number of pyridine rings is 1. The topological polar surface area (TPSA) is 66.0 Å². The molecule has 2 N–H and O–H groups in total. The van der Waals surface area contributed by atoms with Crippen LogP contribution < -0.4 is 10.5 Å². The van der Waals surface area contributed by atoms with Gasteiger partial charge in [0.2, 0.25) is 11.8 Å². The number of imidazole rings is 1. The lowest BCUT2D eigenvalue weighted by Gasteiger charge is -2.14. The SMILES string of the molecule is COc1ccc2nc(N)n(C3CCC(SC)C3)c2n1. The van der Waals surface area contributed by atoms with Crippen LogP contribution in [0.5, 0.6) is 5.88 Å². The highest BCUT2D eigenvalue weighted by molar-refractivity contribution is 7.99. The molecule has 5 nitrogen and oxygen atoms in total. The van der Waals surface area contributed by atoms with Crippen molar-refractivity contribution in [2.75, 3.05) is 19.1 Å². The van der Waals surface area contributed by atoms with E-state index in [9.17, 15) is 0 Å². The predicted molar refractivity (Wildman–Crippen MR) is 78.7 cm³/mol. The Bertz CT molecular complexity index is 598. The van der Waals surface area contributed by atoms with E-state index >= 15 is 0 Å². The summed E-state index contributed by atoms with van der Waals surface area (Å²) in [5.41, 5.74) is 7.75. The number of fused-ring (bicyclic) bond motifs is 1. The van der Waals surface area contributed by atoms with Gasteiger partial charge in [0.1, 0.15) is 5.52 Å². The molecule has 0 radical (unpaired) electrons. The van der Waals surface area contributed by atoms with E-state index in [-0.39, 0.29) is 0 Å². The molecule has 1 saturated carbocycles. The molecule has 0 saturated heterocycles. The van der Waals surface area contributed by atoms with Crippen molar-refractivity contribution in [2.24, 2.45) is 0 Å². The third-order valence-electron chi connectivity index (χ3n) is 3.80. The van der Waals surface area contributed by atoms with Gasteiger partial charge < -0.3 is 10.5 Å². The molecule has 0 aromatic carbocycles. The standard InChI is InChI=1S/C13H18N4OS/c1-18-11-6-5-10-12(16-11)17(13(14)15-10)8-3-4-9(7-8)19-2/h5-6,8-9H,3-4,7H2,1-2H3,(H2,14,15). The monoisotopic (exact) mass is 278 g/mol. The van der Waals surface area contributed by atoms with Gasteiger partial charge in [-0.2, -0.15) is 16.7 Å². The average molecular weight is 278 g/mol. The van der Waals surface area contributed by atoms with Crippen molar-refractivity contribution >= 4 is 28.9 Å². The Balaban J connectivity index is 2.04. The minimum Gasteiger partial charge on any atom is -0.481 e. The minimum atomic E-state index is 0.405. The molecule has 19 heavy (non-hydrogen) atoms. The van der Waals surface area contributed by atoms with Gasteiger partial charge in [-0.3, -0.25) is 4.57 Å². The highest BCUT2D eigenvalue weighted by Crippen LogP contribution is 2.38. The predicted octanol–water partition coefficient (Wildman–Crippen LogP) is 2.48. The molecule has 2 atom stereocenters. The summed E-state index contributed by atoms with van der Waals surface area (Å²) in [6, 6.07) is 4.13. The number of methoxy groups -OCH3 is 1. The van der Waals surface area contributed by atoms with Gasteiger partial charge >= 0.3 is 0 Å². The Morgan fingerprint density at radius 3 is 2.89 bits per heavy atom. The van der Waals surface area contributed by atoms with E-state index in [1.54, 1.807) is 7.11 Å². The van der Waals surface area contributed by atoms with Crippen LogP contribution in [0.4, 0.5) is 5.95 Å². The van der Waals surface area contributed by atoms with Crippen LogP contribution in [-0.2, 0) is 0 Å². The fourth-order valence-electron chi connectivity index (χ4n) is 2.81. The van der Waals surface area contributed by atoms with Crippen LogP contribution in [-0.4, -0.2) is 33.2 Å². The van der Waals surface area contributed by atoms with Gasteiger partial charge in [0.15, 0.2) is 5.65 Å². The zero-order chi connectivity index (χ0) is 13.4. The zero-order valence-electron chi connectivity index (χ0n) is 11.2. The molecule has 0 spiro atoms. The van der Waals surface area contributed by atoms with Crippen molar-refractivity contribution < 1.29 is 4.74 Å². The first-order valence-electron chi connectivity index (χ1n) is 6.44. The fraction of sp³-hybridized carbons (Fsp3) is 0.538. The van der Waals surface area contributed by atoms with E-state index in [4.69, 9.17) is 10.5 Å². The third-order valence-corrected chi connectivity index (χ3v) is 4.90. The molecule has 102 valence electrons. The van der Waals surface area contributed by atoms with Gasteiger partial charge in [0.25, 0.3) is 0 Å². The second-order valence-corrected chi connectivity index (χ2v) is 6.00. The molecule has 2 heterocycles. The molecule has 2 aromatic heterocycles. The second kappa shape index (κ2) is 4.92. The Morgan fingerprint density at radius 2 is 2.21 bits per heavy atom. The van der Waals surface area contributed by atoms with E-state index in [0.29, 0.717) is 23.1 Å². The van der Waals surface area contributed by atoms with E-state index in [0.717, 1.165) is 24.0 Å². The van der Waals surface area contributed by atoms with Crippen molar-refractivity contribution in [3.8, 4) is 5.88 Å². The number of nitrogens with zero attached hydrogens (tertiary/aromatic N) is 3. The first-order valence-corrected chi connectivity index (χ1v) is 7.73. The summed E-state index contributed by atoms with van der Waals surface area (Å²) in [4.78, 5) is 8.90. The maximum absolute atomic E-state index is 6.08. The van der Waals surface area contributed by atoms with Crippen LogP contribution in [0.1, 0.15) is 25.3 Å². The number of nitrogen functional groups attached to an aromatic ring is 1. The Labute approximate surface area is 116 Å². The smallest absolute Gasteiger partial charge is 0.215 e. The quantitative estimate of drug-likeness (QED) is 0.934. The first kappa shape index (κ1) is 12.6. The minimum absolute atomic E-state index is 0.405. The van der Waals surface area contributed by atoms with Crippen LogP contribution >= 0.6 is 11.8 Å². The number of thioether (sulfide) groups is 1. The molecule has 0 amide bonds. The summed E-state index contributed by atoms with van der Waals surface area (Å²) in [5, 5.41) is 0.715. The number of hydrogen-bond donors (Lipinski definition) is 1. The fourth-order valence-corrected chi connectivity index (χ4v) is 3.60. The van der Waals surface area contributed by atoms with Crippen molar-refractivity contribution in [3.63, 3.8) is 0 Å². The summed E-state index contributed by atoms with van der Waals surface area (Å²) < 4.78 is 7.27. The van der Waals surface area contributed by atoms with Gasteiger partial charge in [-0.15, -0.1) is 0 Å². The number of anilines is 1. The average Bonchev–Trinajstić information content (AvgIpc) is 3.00. The van der Waals surface area contributed by atoms with Gasteiger partial charge in [-0.1, -0.05) is 0 Å². The number of nitrogens with two attached hydrogens (primary N) is 1. The van der Waals surface area contributed by atoms with Gasteiger partial charge in [-0.05, 0) is 31.6 Å². The summed E-state index contributed by atoms with van der Waals surface area (Å²) in [7, 11) is 1.62. The molecule has 2 aromatic rings. The van der Waals surface area contributed by atoms with E-state index in [2.05, 4.69) is 20.8 Å². The third kappa shape index (κ3) is 2.14. The maximum Gasteiger partial charge on any atom is 0.215 e. The first-order chi connectivity index (χ1) is 9.22. The lowest BCUT2D eigenvalue weighted by atomic mass is 10.2. The number of hydrogen-bond acceptors (Lipinski definition) is 5. The zero-order valence-corrected chi connectivity index (χ0v) is 12.0. The molecule has 3 rings (SSSR count). The van der Waals surface area contributed by atoms with Crippen molar-refractivity contribution in [1.82, 2.24) is 14.5 Å². The number of ether oxygens (including phenoxy) is 1. The molecular weight excluding hydrogens is 260 g/mol. The Hall–Kier alpha value is -1.43.